The van der Waals surface area contributed by atoms with E-state index >= 15 is 0 Å². The number of unbranched alkanes of at least 4 members (excludes halogenated alkanes) is 2. The van der Waals surface area contributed by atoms with E-state index in [1.807, 2.05) is 4.90 Å². The zero-order chi connectivity index (χ0) is 15.0. The van der Waals surface area contributed by atoms with Crippen LogP contribution >= 0.6 is 0 Å². The number of carbonyl (C=O) groups excluding carboxylic acids is 1. The van der Waals surface area contributed by atoms with E-state index in [0.717, 1.165) is 51.7 Å². The van der Waals surface area contributed by atoms with Crippen molar-refractivity contribution < 1.29 is 9.90 Å². The molecular formula is C16H32N2O2. The maximum absolute atomic E-state index is 12.5. The first-order chi connectivity index (χ1) is 9.63. The molecule has 20 heavy (non-hydrogen) atoms. The standard InChI is InChI=1S/C16H32N2O2/c1-4-6-9-17(10-7-5-2)16(20)12-18-11-8-14(3)15(18)13-19/h14-15,19H,4-13H2,1-3H3. The number of hydrogen-bond acceptors (Lipinski definition) is 3. The molecule has 4 nitrogen and oxygen atoms in total. The first-order valence-corrected chi connectivity index (χ1v) is 8.26. The fourth-order valence-corrected chi connectivity index (χ4v) is 2.91. The van der Waals surface area contributed by atoms with Crippen LogP contribution in [0.4, 0.5) is 0 Å². The summed E-state index contributed by atoms with van der Waals surface area (Å²) < 4.78 is 0. The lowest BCUT2D eigenvalue weighted by atomic mass is 10.0. The smallest absolute Gasteiger partial charge is 0.236 e. The zero-order valence-corrected chi connectivity index (χ0v) is 13.5. The van der Waals surface area contributed by atoms with Crippen molar-refractivity contribution in [3.8, 4) is 0 Å². The van der Waals surface area contributed by atoms with Gasteiger partial charge in [-0.1, -0.05) is 33.6 Å². The van der Waals surface area contributed by atoms with Crippen molar-refractivity contribution in [2.45, 2.75) is 58.9 Å². The molecule has 0 aliphatic carbocycles. The summed E-state index contributed by atoms with van der Waals surface area (Å²) in [5.74, 6) is 0.729. The van der Waals surface area contributed by atoms with Crippen LogP contribution in [-0.4, -0.2) is 59.6 Å². The summed E-state index contributed by atoms with van der Waals surface area (Å²) in [6, 6.07) is 0.165. The molecule has 0 aromatic rings. The molecule has 0 spiro atoms. The van der Waals surface area contributed by atoms with Gasteiger partial charge in [0.05, 0.1) is 13.2 Å². The van der Waals surface area contributed by atoms with Crippen LogP contribution in [0.1, 0.15) is 52.9 Å². The first kappa shape index (κ1) is 17.4. The van der Waals surface area contributed by atoms with Gasteiger partial charge in [0, 0.05) is 19.1 Å². The van der Waals surface area contributed by atoms with Gasteiger partial charge in [0.2, 0.25) is 5.91 Å². The SMILES string of the molecule is CCCCN(CCCC)C(=O)CN1CCC(C)C1CO. The Bertz CT molecular complexity index is 276. The Morgan fingerprint density at radius 3 is 2.35 bits per heavy atom. The van der Waals surface area contributed by atoms with Gasteiger partial charge in [0.25, 0.3) is 0 Å². The maximum atomic E-state index is 12.5. The highest BCUT2D eigenvalue weighted by Gasteiger charge is 2.32. The molecule has 1 heterocycles. The van der Waals surface area contributed by atoms with Crippen molar-refractivity contribution in [3.05, 3.63) is 0 Å². The summed E-state index contributed by atoms with van der Waals surface area (Å²) in [4.78, 5) is 16.7. The van der Waals surface area contributed by atoms with E-state index in [-0.39, 0.29) is 18.6 Å². The average Bonchev–Trinajstić information content (AvgIpc) is 2.79. The minimum Gasteiger partial charge on any atom is -0.395 e. The molecule has 0 saturated carbocycles. The molecule has 0 bridgehead atoms. The van der Waals surface area contributed by atoms with Gasteiger partial charge in [-0.2, -0.15) is 0 Å². The third-order valence-electron chi connectivity index (χ3n) is 4.44. The predicted molar refractivity (Wildman–Crippen MR) is 82.6 cm³/mol. The van der Waals surface area contributed by atoms with Gasteiger partial charge in [-0.25, -0.2) is 0 Å². The van der Waals surface area contributed by atoms with E-state index in [9.17, 15) is 9.90 Å². The van der Waals surface area contributed by atoms with Crippen LogP contribution in [0, 0.1) is 5.92 Å². The molecule has 0 aromatic carbocycles. The van der Waals surface area contributed by atoms with Crippen LogP contribution < -0.4 is 0 Å². The molecule has 4 heteroatoms. The van der Waals surface area contributed by atoms with E-state index in [1.165, 1.54) is 0 Å². The molecule has 2 unspecified atom stereocenters. The molecule has 1 fully saturated rings. The van der Waals surface area contributed by atoms with E-state index in [4.69, 9.17) is 0 Å². The summed E-state index contributed by atoms with van der Waals surface area (Å²) in [5, 5.41) is 9.47. The molecule has 1 amide bonds. The van der Waals surface area contributed by atoms with E-state index in [0.29, 0.717) is 12.5 Å². The number of nitrogens with zero attached hydrogens (tertiary/aromatic N) is 2. The highest BCUT2D eigenvalue weighted by atomic mass is 16.3. The molecule has 1 N–H and O–H groups in total. The second kappa shape index (κ2) is 9.35. The summed E-state index contributed by atoms with van der Waals surface area (Å²) in [6.45, 7) is 9.82. The third-order valence-corrected chi connectivity index (χ3v) is 4.44. The molecule has 2 atom stereocenters. The fourth-order valence-electron chi connectivity index (χ4n) is 2.91. The second-order valence-electron chi connectivity index (χ2n) is 6.07. The largest absolute Gasteiger partial charge is 0.395 e. The zero-order valence-electron chi connectivity index (χ0n) is 13.5. The van der Waals surface area contributed by atoms with E-state index < -0.39 is 0 Å². The van der Waals surface area contributed by atoms with Gasteiger partial charge >= 0.3 is 0 Å². The highest BCUT2D eigenvalue weighted by Crippen LogP contribution is 2.23. The van der Waals surface area contributed by atoms with Crippen LogP contribution in [0.15, 0.2) is 0 Å². The highest BCUT2D eigenvalue weighted by molar-refractivity contribution is 5.78. The Labute approximate surface area is 124 Å². The minimum absolute atomic E-state index is 0.165. The Morgan fingerprint density at radius 1 is 1.25 bits per heavy atom. The lowest BCUT2D eigenvalue weighted by Gasteiger charge is -2.28. The van der Waals surface area contributed by atoms with Gasteiger partial charge < -0.3 is 10.0 Å². The number of aliphatic hydroxyl groups is 1. The monoisotopic (exact) mass is 284 g/mol. The number of aliphatic hydroxyl groups excluding tert-OH is 1. The van der Waals surface area contributed by atoms with Crippen molar-refractivity contribution in [2.75, 3.05) is 32.8 Å². The maximum Gasteiger partial charge on any atom is 0.236 e. The van der Waals surface area contributed by atoms with Gasteiger partial charge in [-0.15, -0.1) is 0 Å². The number of carbonyl (C=O) groups is 1. The van der Waals surface area contributed by atoms with Crippen molar-refractivity contribution in [1.82, 2.24) is 9.80 Å². The van der Waals surface area contributed by atoms with Crippen LogP contribution in [0.2, 0.25) is 0 Å². The second-order valence-corrected chi connectivity index (χ2v) is 6.07. The summed E-state index contributed by atoms with van der Waals surface area (Å²) in [5.41, 5.74) is 0. The topological polar surface area (TPSA) is 43.8 Å². The Kier molecular flexibility index (Phi) is 8.15. The molecule has 0 radical (unpaired) electrons. The van der Waals surface area contributed by atoms with Crippen LogP contribution in [0.5, 0.6) is 0 Å². The number of hydrogen-bond donors (Lipinski definition) is 1. The van der Waals surface area contributed by atoms with Crippen molar-refractivity contribution in [2.24, 2.45) is 5.92 Å². The summed E-state index contributed by atoms with van der Waals surface area (Å²) in [7, 11) is 0. The number of amides is 1. The fraction of sp³-hybridized carbons (Fsp3) is 0.938. The van der Waals surface area contributed by atoms with Crippen molar-refractivity contribution >= 4 is 5.91 Å². The van der Waals surface area contributed by atoms with Crippen molar-refractivity contribution in [1.29, 1.82) is 0 Å². The Morgan fingerprint density at radius 2 is 1.85 bits per heavy atom. The Hall–Kier alpha value is -0.610. The first-order valence-electron chi connectivity index (χ1n) is 8.26. The predicted octanol–water partition coefficient (Wildman–Crippen LogP) is 2.12. The normalized spacial score (nSPS) is 23.2. The molecular weight excluding hydrogens is 252 g/mol. The van der Waals surface area contributed by atoms with E-state index in [2.05, 4.69) is 25.7 Å². The number of likely N-dealkylation sites (tertiary alicyclic amines) is 1. The molecule has 118 valence electrons. The quantitative estimate of drug-likeness (QED) is 0.705. The van der Waals surface area contributed by atoms with Crippen LogP contribution in [0.25, 0.3) is 0 Å². The van der Waals surface area contributed by atoms with Gasteiger partial charge in [-0.3, -0.25) is 9.69 Å². The summed E-state index contributed by atoms with van der Waals surface area (Å²) in [6.07, 6.45) is 5.48. The van der Waals surface area contributed by atoms with E-state index in [1.54, 1.807) is 0 Å². The van der Waals surface area contributed by atoms with Crippen molar-refractivity contribution in [3.63, 3.8) is 0 Å². The van der Waals surface area contributed by atoms with Gasteiger partial charge in [0.1, 0.15) is 0 Å². The van der Waals surface area contributed by atoms with Crippen LogP contribution in [-0.2, 0) is 4.79 Å². The minimum atomic E-state index is 0.165. The average molecular weight is 284 g/mol. The number of rotatable bonds is 9. The van der Waals surface area contributed by atoms with Gasteiger partial charge in [0.15, 0.2) is 0 Å². The molecule has 1 saturated heterocycles. The van der Waals surface area contributed by atoms with Crippen LogP contribution in [0.3, 0.4) is 0 Å². The van der Waals surface area contributed by atoms with Gasteiger partial charge in [-0.05, 0) is 31.7 Å². The molecule has 1 aliphatic heterocycles. The molecule has 1 aliphatic rings. The third kappa shape index (κ3) is 5.06. The Balaban J connectivity index is 2.51. The molecule has 1 rings (SSSR count). The molecule has 0 aromatic heterocycles. The lowest BCUT2D eigenvalue weighted by Crippen LogP contribution is -2.44. The summed E-state index contributed by atoms with van der Waals surface area (Å²) >= 11 is 0. The lowest BCUT2D eigenvalue weighted by molar-refractivity contribution is -0.133.